The molecule has 2 N–H and O–H groups in total. The van der Waals surface area contributed by atoms with Crippen molar-refractivity contribution < 1.29 is 14.0 Å². The number of rotatable bonds is 9. The maximum absolute atomic E-state index is 13.2. The van der Waals surface area contributed by atoms with Crippen LogP contribution in [0.3, 0.4) is 0 Å². The summed E-state index contributed by atoms with van der Waals surface area (Å²) in [6.45, 7) is 4.14. The summed E-state index contributed by atoms with van der Waals surface area (Å²) in [5, 5.41) is 0. The lowest BCUT2D eigenvalue weighted by molar-refractivity contribution is -0.899. The first-order valence-electron chi connectivity index (χ1n) is 11.4. The number of ether oxygens (including phenoxy) is 1. The zero-order chi connectivity index (χ0) is 22.4. The molecule has 1 saturated heterocycles. The Kier molecular flexibility index (Phi) is 6.73. The van der Waals surface area contributed by atoms with Crippen molar-refractivity contribution in [3.8, 4) is 0 Å². The molecule has 1 aliphatic heterocycles. The Bertz CT molecular complexity index is 968. The Morgan fingerprint density at radius 2 is 1.47 bits per heavy atom. The largest absolute Gasteiger partial charge is 0.371 e. The van der Waals surface area contributed by atoms with Crippen LogP contribution in [-0.4, -0.2) is 43.7 Å². The predicted molar refractivity (Wildman–Crippen MR) is 128 cm³/mol. The van der Waals surface area contributed by atoms with Gasteiger partial charge in [0.15, 0.2) is 0 Å². The quantitative estimate of drug-likeness (QED) is 0.411. The van der Waals surface area contributed by atoms with Crippen molar-refractivity contribution in [3.63, 3.8) is 0 Å². The van der Waals surface area contributed by atoms with E-state index in [0.29, 0.717) is 13.2 Å². The highest BCUT2D eigenvalue weighted by Crippen LogP contribution is 2.44. The highest BCUT2D eigenvalue weighted by atomic mass is 16.5. The van der Waals surface area contributed by atoms with Gasteiger partial charge in [0.2, 0.25) is 5.91 Å². The van der Waals surface area contributed by atoms with Crippen molar-refractivity contribution in [2.75, 3.05) is 33.3 Å². The van der Waals surface area contributed by atoms with Crippen LogP contribution in [0.25, 0.3) is 0 Å². The summed E-state index contributed by atoms with van der Waals surface area (Å²) in [6.07, 6.45) is 0.946. The number of hydrogen-bond donors (Lipinski definition) is 1. The van der Waals surface area contributed by atoms with Crippen LogP contribution in [0.5, 0.6) is 0 Å². The molecule has 0 radical (unpaired) electrons. The lowest BCUT2D eigenvalue weighted by atomic mass is 9.64. The summed E-state index contributed by atoms with van der Waals surface area (Å²) in [7, 11) is 2.27. The standard InChI is InChI=1S/C28H32N2O2/c1-30(19-20-32-22-23-11-5-2-6-12-23)18-17-26(21-30)28(27(29)31,24-13-7-3-8-14-24)25-15-9-4-10-16-25/h2-16,26H,17-22H2,1H3,(H-,29,31)/p+1/t26-,30?/m1/s1. The number of primary amides is 1. The molecule has 0 bridgehead atoms. The van der Waals surface area contributed by atoms with Crippen molar-refractivity contribution in [3.05, 3.63) is 108 Å². The molecule has 0 spiro atoms. The van der Waals surface area contributed by atoms with E-state index < -0.39 is 5.41 Å². The van der Waals surface area contributed by atoms with Gasteiger partial charge in [-0.15, -0.1) is 0 Å². The Balaban J connectivity index is 1.54. The normalized spacial score (nSPS) is 20.8. The number of amides is 1. The van der Waals surface area contributed by atoms with Crippen LogP contribution in [0.1, 0.15) is 23.1 Å². The first-order chi connectivity index (χ1) is 15.5. The van der Waals surface area contributed by atoms with Crippen LogP contribution < -0.4 is 5.73 Å². The number of carbonyl (C=O) groups excluding carboxylic acids is 1. The Morgan fingerprint density at radius 1 is 0.938 bits per heavy atom. The number of nitrogens with two attached hydrogens (primary N) is 1. The lowest BCUT2D eigenvalue weighted by Gasteiger charge is -2.38. The fraction of sp³-hybridized carbons (Fsp3) is 0.321. The van der Waals surface area contributed by atoms with Crippen molar-refractivity contribution in [1.82, 2.24) is 0 Å². The van der Waals surface area contributed by atoms with Crippen molar-refractivity contribution in [2.24, 2.45) is 11.7 Å². The monoisotopic (exact) mass is 429 g/mol. The minimum absolute atomic E-state index is 0.129. The highest BCUT2D eigenvalue weighted by molar-refractivity contribution is 5.91. The zero-order valence-corrected chi connectivity index (χ0v) is 18.8. The van der Waals surface area contributed by atoms with Crippen LogP contribution in [0.4, 0.5) is 0 Å². The molecule has 4 heteroatoms. The number of likely N-dealkylation sites (tertiary alicyclic amines) is 1. The maximum Gasteiger partial charge on any atom is 0.233 e. The molecule has 1 fully saturated rings. The molecule has 166 valence electrons. The van der Waals surface area contributed by atoms with E-state index in [0.717, 1.165) is 41.7 Å². The number of nitrogens with zero attached hydrogens (tertiary/aromatic N) is 1. The molecule has 32 heavy (non-hydrogen) atoms. The minimum atomic E-state index is -0.830. The van der Waals surface area contributed by atoms with E-state index in [9.17, 15) is 4.79 Å². The smallest absolute Gasteiger partial charge is 0.233 e. The molecule has 1 unspecified atom stereocenters. The van der Waals surface area contributed by atoms with Crippen LogP contribution in [0.15, 0.2) is 91.0 Å². The fourth-order valence-electron chi connectivity index (χ4n) is 5.31. The molecule has 0 aliphatic carbocycles. The Hall–Kier alpha value is -2.95. The fourth-order valence-corrected chi connectivity index (χ4v) is 5.31. The molecule has 1 heterocycles. The summed E-state index contributed by atoms with van der Waals surface area (Å²) in [6, 6.07) is 30.4. The van der Waals surface area contributed by atoms with Crippen LogP contribution in [0.2, 0.25) is 0 Å². The number of carbonyl (C=O) groups is 1. The zero-order valence-electron chi connectivity index (χ0n) is 18.8. The number of quaternary nitrogens is 1. The van der Waals surface area contributed by atoms with Crippen LogP contribution >= 0.6 is 0 Å². The molecule has 0 aromatic heterocycles. The predicted octanol–water partition coefficient (Wildman–Crippen LogP) is 4.14. The second kappa shape index (κ2) is 9.68. The van der Waals surface area contributed by atoms with Crippen LogP contribution in [0, 0.1) is 5.92 Å². The molecular weight excluding hydrogens is 396 g/mol. The molecule has 0 saturated carbocycles. The van der Waals surface area contributed by atoms with E-state index in [4.69, 9.17) is 10.5 Å². The van der Waals surface area contributed by atoms with Gasteiger partial charge in [0.1, 0.15) is 12.0 Å². The van der Waals surface area contributed by atoms with Gasteiger partial charge in [-0.1, -0.05) is 91.0 Å². The second-order valence-corrected chi connectivity index (χ2v) is 9.18. The van der Waals surface area contributed by atoms with Crippen molar-refractivity contribution in [1.29, 1.82) is 0 Å². The van der Waals surface area contributed by atoms with Gasteiger partial charge in [-0.25, -0.2) is 0 Å². The number of benzene rings is 3. The summed E-state index contributed by atoms with van der Waals surface area (Å²) in [4.78, 5) is 13.2. The SMILES string of the molecule is C[N+]1(CCOCc2ccccc2)CC[C@@H](C(C(N)=O)(c2ccccc2)c2ccccc2)C1. The first kappa shape index (κ1) is 22.3. The summed E-state index contributed by atoms with van der Waals surface area (Å²) in [5.41, 5.74) is 8.55. The molecule has 1 amide bonds. The Labute approximate surface area is 191 Å². The van der Waals surface area contributed by atoms with Gasteiger partial charge in [-0.3, -0.25) is 4.79 Å². The van der Waals surface area contributed by atoms with Crippen molar-refractivity contribution >= 4 is 5.91 Å². The second-order valence-electron chi connectivity index (χ2n) is 9.18. The van der Waals surface area contributed by atoms with Gasteiger partial charge in [-0.2, -0.15) is 0 Å². The number of hydrogen-bond acceptors (Lipinski definition) is 2. The van der Waals surface area contributed by atoms with Gasteiger partial charge < -0.3 is 15.0 Å². The number of likely N-dealkylation sites (N-methyl/N-ethyl adjacent to an activating group) is 1. The molecule has 4 nitrogen and oxygen atoms in total. The molecule has 3 aromatic carbocycles. The molecule has 3 aromatic rings. The van der Waals surface area contributed by atoms with E-state index >= 15 is 0 Å². The van der Waals surface area contributed by atoms with Gasteiger partial charge in [0.05, 0.1) is 33.4 Å². The van der Waals surface area contributed by atoms with E-state index in [2.05, 4.69) is 19.2 Å². The van der Waals surface area contributed by atoms with E-state index in [-0.39, 0.29) is 11.8 Å². The minimum Gasteiger partial charge on any atom is -0.371 e. The summed E-state index contributed by atoms with van der Waals surface area (Å²) < 4.78 is 6.86. The molecule has 4 rings (SSSR count). The van der Waals surface area contributed by atoms with E-state index in [1.807, 2.05) is 78.9 Å². The van der Waals surface area contributed by atoms with E-state index in [1.165, 1.54) is 5.56 Å². The topological polar surface area (TPSA) is 52.3 Å². The third-order valence-electron chi connectivity index (χ3n) is 7.02. The Morgan fingerprint density at radius 3 is 2.00 bits per heavy atom. The van der Waals surface area contributed by atoms with Gasteiger partial charge >= 0.3 is 0 Å². The van der Waals surface area contributed by atoms with Gasteiger partial charge in [-0.05, 0) is 16.7 Å². The highest BCUT2D eigenvalue weighted by Gasteiger charge is 2.53. The molecule has 1 aliphatic rings. The summed E-state index contributed by atoms with van der Waals surface area (Å²) in [5.74, 6) is -0.141. The van der Waals surface area contributed by atoms with Crippen LogP contribution in [-0.2, 0) is 21.6 Å². The third-order valence-corrected chi connectivity index (χ3v) is 7.02. The average Bonchev–Trinajstić information content (AvgIpc) is 3.21. The lowest BCUT2D eigenvalue weighted by Crippen LogP contribution is -2.51. The van der Waals surface area contributed by atoms with Crippen molar-refractivity contribution in [2.45, 2.75) is 18.4 Å². The van der Waals surface area contributed by atoms with Gasteiger partial charge in [0.25, 0.3) is 0 Å². The van der Waals surface area contributed by atoms with Gasteiger partial charge in [0, 0.05) is 12.3 Å². The molecular formula is C28H33N2O2+. The van der Waals surface area contributed by atoms with E-state index in [1.54, 1.807) is 0 Å². The maximum atomic E-state index is 13.2. The summed E-state index contributed by atoms with van der Waals surface area (Å²) >= 11 is 0. The average molecular weight is 430 g/mol. The first-order valence-corrected chi connectivity index (χ1v) is 11.4. The molecule has 2 atom stereocenters. The third kappa shape index (κ3) is 4.47.